The van der Waals surface area contributed by atoms with E-state index in [1.54, 1.807) is 0 Å². The normalized spacial score (nSPS) is 36.6. The van der Waals surface area contributed by atoms with E-state index in [1.807, 2.05) is 6.92 Å². The maximum absolute atomic E-state index is 12.2. The molecule has 2 fully saturated rings. The molecule has 2 heteroatoms. The van der Waals surface area contributed by atoms with Crippen LogP contribution >= 0.6 is 0 Å². The predicted molar refractivity (Wildman–Crippen MR) is 86.9 cm³/mol. The average molecular weight is 294 g/mol. The molecule has 2 nitrogen and oxygen atoms in total. The van der Waals surface area contributed by atoms with Gasteiger partial charge in [-0.2, -0.15) is 0 Å². The van der Waals surface area contributed by atoms with Crippen LogP contribution in [0.25, 0.3) is 0 Å². The second-order valence-corrected chi connectivity index (χ2v) is 8.01. The standard InChI is InChI=1S/C19H34O2/c1-6-16(18(20)21-7-2)15-11-10-14-9-8-13(3)19(4,5)17(14)12-15/h13-17H,6-12H2,1-5H3. The summed E-state index contributed by atoms with van der Waals surface area (Å²) in [6.07, 6.45) is 7.49. The van der Waals surface area contributed by atoms with Crippen molar-refractivity contribution >= 4 is 5.97 Å². The van der Waals surface area contributed by atoms with E-state index in [0.717, 1.165) is 24.2 Å². The van der Waals surface area contributed by atoms with Crippen molar-refractivity contribution in [2.45, 2.75) is 73.1 Å². The van der Waals surface area contributed by atoms with Gasteiger partial charge in [0.05, 0.1) is 12.5 Å². The van der Waals surface area contributed by atoms with E-state index in [0.29, 0.717) is 17.9 Å². The predicted octanol–water partition coefficient (Wildman–Crippen LogP) is 5.06. The van der Waals surface area contributed by atoms with Gasteiger partial charge >= 0.3 is 5.97 Å². The Morgan fingerprint density at radius 2 is 1.86 bits per heavy atom. The first-order chi connectivity index (χ1) is 9.91. The van der Waals surface area contributed by atoms with E-state index in [1.165, 1.54) is 32.1 Å². The Morgan fingerprint density at radius 1 is 1.19 bits per heavy atom. The first kappa shape index (κ1) is 16.8. The summed E-state index contributed by atoms with van der Waals surface area (Å²) in [5.74, 6) is 3.21. The van der Waals surface area contributed by atoms with E-state index in [-0.39, 0.29) is 11.9 Å². The first-order valence-electron chi connectivity index (χ1n) is 9.08. The minimum absolute atomic E-state index is 0.0464. The maximum atomic E-state index is 12.2. The van der Waals surface area contributed by atoms with Crippen LogP contribution in [0.5, 0.6) is 0 Å². The minimum atomic E-state index is 0.0464. The number of carbonyl (C=O) groups excluding carboxylic acids is 1. The summed E-state index contributed by atoms with van der Waals surface area (Å²) < 4.78 is 5.32. The Labute approximate surface area is 131 Å². The molecule has 0 heterocycles. The van der Waals surface area contributed by atoms with Crippen LogP contribution in [0.2, 0.25) is 0 Å². The summed E-state index contributed by atoms with van der Waals surface area (Å²) >= 11 is 0. The summed E-state index contributed by atoms with van der Waals surface area (Å²) in [6, 6.07) is 0. The molecule has 2 aliphatic rings. The Morgan fingerprint density at radius 3 is 2.48 bits per heavy atom. The third-order valence-electron chi connectivity index (χ3n) is 6.83. The molecule has 0 aromatic carbocycles. The fourth-order valence-electron chi connectivity index (χ4n) is 5.03. The van der Waals surface area contributed by atoms with Crippen molar-refractivity contribution in [1.29, 1.82) is 0 Å². The largest absolute Gasteiger partial charge is 0.466 e. The summed E-state index contributed by atoms with van der Waals surface area (Å²) in [5.41, 5.74) is 0.425. The summed E-state index contributed by atoms with van der Waals surface area (Å²) in [5, 5.41) is 0. The highest BCUT2D eigenvalue weighted by molar-refractivity contribution is 5.72. The van der Waals surface area contributed by atoms with Crippen LogP contribution in [0.15, 0.2) is 0 Å². The molecule has 0 aromatic heterocycles. The number of hydrogen-bond acceptors (Lipinski definition) is 2. The number of carbonyl (C=O) groups is 1. The third-order valence-corrected chi connectivity index (χ3v) is 6.83. The van der Waals surface area contributed by atoms with Crippen molar-refractivity contribution in [3.8, 4) is 0 Å². The van der Waals surface area contributed by atoms with Gasteiger partial charge in [0.1, 0.15) is 0 Å². The quantitative estimate of drug-likeness (QED) is 0.677. The van der Waals surface area contributed by atoms with Gasteiger partial charge in [-0.05, 0) is 74.5 Å². The van der Waals surface area contributed by atoms with Crippen LogP contribution in [-0.4, -0.2) is 12.6 Å². The van der Waals surface area contributed by atoms with Gasteiger partial charge in [-0.15, -0.1) is 0 Å². The third kappa shape index (κ3) is 3.29. The molecule has 2 rings (SSSR count). The van der Waals surface area contributed by atoms with Crippen LogP contribution in [-0.2, 0) is 9.53 Å². The highest BCUT2D eigenvalue weighted by Crippen LogP contribution is 2.55. The molecular weight excluding hydrogens is 260 g/mol. The van der Waals surface area contributed by atoms with Crippen LogP contribution in [0.1, 0.15) is 73.1 Å². The average Bonchev–Trinajstić information content (AvgIpc) is 2.45. The summed E-state index contributed by atoms with van der Waals surface area (Å²) in [6.45, 7) is 11.9. The maximum Gasteiger partial charge on any atom is 0.309 e. The van der Waals surface area contributed by atoms with Crippen LogP contribution in [0, 0.1) is 35.0 Å². The van der Waals surface area contributed by atoms with Gasteiger partial charge in [-0.3, -0.25) is 4.79 Å². The number of esters is 1. The van der Waals surface area contributed by atoms with Gasteiger partial charge < -0.3 is 4.74 Å². The van der Waals surface area contributed by atoms with E-state index in [2.05, 4.69) is 27.7 Å². The van der Waals surface area contributed by atoms with Gasteiger partial charge in [-0.1, -0.05) is 27.7 Å². The van der Waals surface area contributed by atoms with Crippen molar-refractivity contribution in [3.05, 3.63) is 0 Å². The van der Waals surface area contributed by atoms with Crippen molar-refractivity contribution in [1.82, 2.24) is 0 Å². The summed E-state index contributed by atoms with van der Waals surface area (Å²) in [4.78, 5) is 12.2. The zero-order valence-corrected chi connectivity index (χ0v) is 14.7. The topological polar surface area (TPSA) is 26.3 Å². The minimum Gasteiger partial charge on any atom is -0.466 e. The SMILES string of the molecule is CCOC(=O)C(CC)C1CCC2CCC(C)C(C)(C)C2C1. The lowest BCUT2D eigenvalue weighted by Crippen LogP contribution is -2.45. The van der Waals surface area contributed by atoms with E-state index in [4.69, 9.17) is 4.74 Å². The molecule has 5 unspecified atom stereocenters. The lowest BCUT2D eigenvalue weighted by molar-refractivity contribution is -0.152. The molecule has 2 saturated carbocycles. The van der Waals surface area contributed by atoms with E-state index in [9.17, 15) is 4.79 Å². The van der Waals surface area contributed by atoms with Gasteiger partial charge in [0, 0.05) is 0 Å². The van der Waals surface area contributed by atoms with Crippen molar-refractivity contribution in [2.75, 3.05) is 6.61 Å². The fraction of sp³-hybridized carbons (Fsp3) is 0.947. The van der Waals surface area contributed by atoms with Crippen LogP contribution in [0.3, 0.4) is 0 Å². The number of ether oxygens (including phenoxy) is 1. The molecule has 0 bridgehead atoms. The zero-order chi connectivity index (χ0) is 15.6. The number of hydrogen-bond donors (Lipinski definition) is 0. The Balaban J connectivity index is 2.09. The Hall–Kier alpha value is -0.530. The zero-order valence-electron chi connectivity index (χ0n) is 14.7. The van der Waals surface area contributed by atoms with E-state index >= 15 is 0 Å². The van der Waals surface area contributed by atoms with E-state index < -0.39 is 0 Å². The molecule has 0 aliphatic heterocycles. The highest BCUT2D eigenvalue weighted by atomic mass is 16.5. The lowest BCUT2D eigenvalue weighted by atomic mass is 9.52. The van der Waals surface area contributed by atoms with Gasteiger partial charge in [-0.25, -0.2) is 0 Å². The molecule has 2 aliphatic carbocycles. The molecule has 0 radical (unpaired) electrons. The number of fused-ring (bicyclic) bond motifs is 1. The van der Waals surface area contributed by atoms with Crippen molar-refractivity contribution in [3.63, 3.8) is 0 Å². The lowest BCUT2D eigenvalue weighted by Gasteiger charge is -2.53. The van der Waals surface area contributed by atoms with Crippen LogP contribution in [0.4, 0.5) is 0 Å². The molecule has 0 amide bonds. The molecule has 5 atom stereocenters. The van der Waals surface area contributed by atoms with Crippen molar-refractivity contribution < 1.29 is 9.53 Å². The van der Waals surface area contributed by atoms with Gasteiger partial charge in [0.25, 0.3) is 0 Å². The Bertz CT molecular complexity index is 361. The van der Waals surface area contributed by atoms with Gasteiger partial charge in [0.2, 0.25) is 0 Å². The molecule has 0 N–H and O–H groups in total. The van der Waals surface area contributed by atoms with Crippen LogP contribution < -0.4 is 0 Å². The number of rotatable bonds is 4. The molecule has 0 saturated heterocycles. The molecule has 122 valence electrons. The van der Waals surface area contributed by atoms with Crippen molar-refractivity contribution in [2.24, 2.45) is 35.0 Å². The fourth-order valence-corrected chi connectivity index (χ4v) is 5.03. The smallest absolute Gasteiger partial charge is 0.309 e. The van der Waals surface area contributed by atoms with Gasteiger partial charge in [0.15, 0.2) is 0 Å². The molecule has 0 aromatic rings. The second-order valence-electron chi connectivity index (χ2n) is 8.01. The molecule has 0 spiro atoms. The summed E-state index contributed by atoms with van der Waals surface area (Å²) in [7, 11) is 0. The first-order valence-corrected chi connectivity index (χ1v) is 9.08. The highest BCUT2D eigenvalue weighted by Gasteiger charge is 2.47. The molecular formula is C19H34O2. The molecule has 21 heavy (non-hydrogen) atoms. The second kappa shape index (κ2) is 6.71. The monoisotopic (exact) mass is 294 g/mol. The Kier molecular flexibility index (Phi) is 5.38.